The number of aromatic nitrogens is 3. The summed E-state index contributed by atoms with van der Waals surface area (Å²) in [5, 5.41) is 15.0. The fraction of sp³-hybridized carbons (Fsp3) is 0.529. The summed E-state index contributed by atoms with van der Waals surface area (Å²) in [6.45, 7) is 4.72. The lowest BCUT2D eigenvalue weighted by molar-refractivity contribution is -0.187. The molecule has 9 heteroatoms. The van der Waals surface area contributed by atoms with Crippen LogP contribution < -0.4 is 0 Å². The molecular weight excluding hydrogens is 356 g/mol. The molecule has 8 nitrogen and oxygen atoms in total. The van der Waals surface area contributed by atoms with Gasteiger partial charge in [0.1, 0.15) is 17.6 Å². The Morgan fingerprint density at radius 3 is 2.69 bits per heavy atom. The smallest absolute Gasteiger partial charge is 0.230 e. The number of fused-ring (bicyclic) bond motifs is 1. The molecular formula is C17H20N4O4S. The molecule has 0 saturated carbocycles. The molecule has 0 amide bonds. The third-order valence-electron chi connectivity index (χ3n) is 5.11. The molecule has 0 radical (unpaired) electrons. The zero-order valence-electron chi connectivity index (χ0n) is 14.4. The Kier molecular flexibility index (Phi) is 3.78. The maximum Gasteiger partial charge on any atom is 0.230 e. The number of aryl methyl sites for hydroxylation is 1. The summed E-state index contributed by atoms with van der Waals surface area (Å²) in [6.07, 6.45) is 3.25. The van der Waals surface area contributed by atoms with Gasteiger partial charge >= 0.3 is 0 Å². The van der Waals surface area contributed by atoms with Gasteiger partial charge in [-0.25, -0.2) is 4.98 Å². The van der Waals surface area contributed by atoms with E-state index in [9.17, 15) is 5.11 Å². The van der Waals surface area contributed by atoms with Crippen LogP contribution in [0.2, 0.25) is 0 Å². The number of ether oxygens (including phenoxy) is 2. The van der Waals surface area contributed by atoms with Crippen molar-refractivity contribution >= 4 is 16.3 Å². The quantitative estimate of drug-likeness (QED) is 0.751. The molecule has 1 atom stereocenters. The average molecular weight is 376 g/mol. The van der Waals surface area contributed by atoms with E-state index in [1.807, 2.05) is 19.1 Å². The van der Waals surface area contributed by atoms with Gasteiger partial charge in [0.05, 0.1) is 24.4 Å². The Hall–Kier alpha value is -1.94. The maximum absolute atomic E-state index is 10.8. The fourth-order valence-corrected chi connectivity index (χ4v) is 5.00. The van der Waals surface area contributed by atoms with E-state index in [1.165, 1.54) is 15.9 Å². The highest BCUT2D eigenvalue weighted by Crippen LogP contribution is 2.42. The van der Waals surface area contributed by atoms with Crippen molar-refractivity contribution in [3.63, 3.8) is 0 Å². The summed E-state index contributed by atoms with van der Waals surface area (Å²) < 4.78 is 18.9. The van der Waals surface area contributed by atoms with E-state index in [1.54, 1.807) is 6.26 Å². The molecule has 3 aromatic rings. The Morgan fingerprint density at radius 1 is 1.27 bits per heavy atom. The zero-order valence-corrected chi connectivity index (χ0v) is 15.2. The van der Waals surface area contributed by atoms with Crippen molar-refractivity contribution in [2.75, 3.05) is 26.3 Å². The minimum Gasteiger partial charge on any atom is -0.492 e. The van der Waals surface area contributed by atoms with Crippen molar-refractivity contribution in [2.45, 2.75) is 31.6 Å². The molecule has 2 fully saturated rings. The van der Waals surface area contributed by atoms with Gasteiger partial charge in [-0.15, -0.1) is 5.10 Å². The first kappa shape index (κ1) is 16.2. The van der Waals surface area contributed by atoms with Gasteiger partial charge in [-0.2, -0.15) is 4.52 Å². The molecule has 5 rings (SSSR count). The predicted molar refractivity (Wildman–Crippen MR) is 93.3 cm³/mol. The Bertz CT molecular complexity index is 903. The summed E-state index contributed by atoms with van der Waals surface area (Å²) in [5.41, 5.74) is 0. The number of hydrogen-bond acceptors (Lipinski definition) is 8. The summed E-state index contributed by atoms with van der Waals surface area (Å²) in [4.78, 5) is 8.15. The summed E-state index contributed by atoms with van der Waals surface area (Å²) >= 11 is 1.44. The number of furan rings is 1. The Morgan fingerprint density at radius 2 is 2.04 bits per heavy atom. The molecule has 0 aliphatic carbocycles. The number of hydrogen-bond donors (Lipinski definition) is 1. The number of piperidine rings is 1. The van der Waals surface area contributed by atoms with Gasteiger partial charge in [0.25, 0.3) is 0 Å². The van der Waals surface area contributed by atoms with E-state index >= 15 is 0 Å². The van der Waals surface area contributed by atoms with E-state index in [0.29, 0.717) is 24.0 Å². The third-order valence-corrected chi connectivity index (χ3v) is 6.18. The lowest BCUT2D eigenvalue weighted by Crippen LogP contribution is -2.46. The van der Waals surface area contributed by atoms with E-state index < -0.39 is 5.79 Å². The first-order valence-electron chi connectivity index (χ1n) is 8.76. The van der Waals surface area contributed by atoms with Crippen LogP contribution in [0.5, 0.6) is 5.88 Å². The Labute approximate surface area is 154 Å². The second-order valence-electron chi connectivity index (χ2n) is 6.70. The van der Waals surface area contributed by atoms with Gasteiger partial charge in [-0.05, 0) is 19.1 Å². The molecule has 2 aliphatic heterocycles. The van der Waals surface area contributed by atoms with Crippen molar-refractivity contribution in [2.24, 2.45) is 0 Å². The van der Waals surface area contributed by atoms with E-state index in [2.05, 4.69) is 15.0 Å². The number of likely N-dealkylation sites (tertiary alicyclic amines) is 1. The van der Waals surface area contributed by atoms with Gasteiger partial charge in [-0.1, -0.05) is 11.3 Å². The largest absolute Gasteiger partial charge is 0.492 e. The molecule has 0 aromatic carbocycles. The van der Waals surface area contributed by atoms with Crippen molar-refractivity contribution < 1.29 is 19.0 Å². The normalized spacial score (nSPS) is 21.7. The lowest BCUT2D eigenvalue weighted by atomic mass is 10.0. The molecule has 5 heterocycles. The maximum atomic E-state index is 10.8. The fourth-order valence-electron chi connectivity index (χ4n) is 3.86. The highest BCUT2D eigenvalue weighted by molar-refractivity contribution is 7.17. The first-order chi connectivity index (χ1) is 12.7. The second-order valence-corrected chi connectivity index (χ2v) is 7.71. The molecule has 2 aliphatic rings. The molecule has 2 saturated heterocycles. The van der Waals surface area contributed by atoms with Gasteiger partial charge in [0.15, 0.2) is 5.79 Å². The summed E-state index contributed by atoms with van der Waals surface area (Å²) in [6, 6.07) is 3.63. The van der Waals surface area contributed by atoms with E-state index in [4.69, 9.17) is 13.9 Å². The molecule has 3 aromatic heterocycles. The van der Waals surface area contributed by atoms with Crippen LogP contribution in [0.1, 0.15) is 35.3 Å². The second kappa shape index (κ2) is 6.05. The molecule has 0 unspecified atom stereocenters. The van der Waals surface area contributed by atoms with Crippen molar-refractivity contribution in [1.29, 1.82) is 0 Å². The predicted octanol–water partition coefficient (Wildman–Crippen LogP) is 2.33. The number of aromatic hydroxyl groups is 1. The van der Waals surface area contributed by atoms with E-state index in [0.717, 1.165) is 36.6 Å². The van der Waals surface area contributed by atoms with Crippen molar-refractivity contribution in [3.05, 3.63) is 34.9 Å². The molecule has 138 valence electrons. The minimum atomic E-state index is -0.436. The van der Waals surface area contributed by atoms with Crippen LogP contribution in [0.3, 0.4) is 0 Å². The van der Waals surface area contributed by atoms with Crippen molar-refractivity contribution in [3.8, 4) is 5.88 Å². The molecule has 26 heavy (non-hydrogen) atoms. The lowest BCUT2D eigenvalue weighted by Gasteiger charge is -2.40. The van der Waals surface area contributed by atoms with Crippen LogP contribution in [-0.4, -0.2) is 56.7 Å². The van der Waals surface area contributed by atoms with Crippen molar-refractivity contribution in [1.82, 2.24) is 19.5 Å². The minimum absolute atomic E-state index is 0.126. The zero-order chi connectivity index (χ0) is 17.7. The van der Waals surface area contributed by atoms with Gasteiger partial charge in [0, 0.05) is 25.9 Å². The highest BCUT2D eigenvalue weighted by Gasteiger charge is 2.43. The first-order valence-corrected chi connectivity index (χ1v) is 9.57. The van der Waals surface area contributed by atoms with Gasteiger partial charge in [0.2, 0.25) is 10.8 Å². The monoisotopic (exact) mass is 376 g/mol. The molecule has 1 N–H and O–H groups in total. The van der Waals surface area contributed by atoms with Crippen LogP contribution in [0.4, 0.5) is 0 Å². The SMILES string of the molecule is Cc1nc2sc([C@H](c3ccco3)N3CCC4(CC3)OCCO4)c(O)n2n1. The summed E-state index contributed by atoms with van der Waals surface area (Å²) in [5.74, 6) is 1.13. The van der Waals surface area contributed by atoms with Crippen LogP contribution in [0.15, 0.2) is 22.8 Å². The highest BCUT2D eigenvalue weighted by atomic mass is 32.1. The average Bonchev–Trinajstić information content (AvgIpc) is 3.40. The summed E-state index contributed by atoms with van der Waals surface area (Å²) in [7, 11) is 0. The number of rotatable bonds is 3. The van der Waals surface area contributed by atoms with Crippen LogP contribution in [-0.2, 0) is 9.47 Å². The molecule has 1 spiro atoms. The van der Waals surface area contributed by atoms with E-state index in [-0.39, 0.29) is 11.9 Å². The van der Waals surface area contributed by atoms with Crippen LogP contribution in [0.25, 0.3) is 4.96 Å². The Balaban J connectivity index is 1.50. The molecule has 0 bridgehead atoms. The number of thiazole rings is 1. The van der Waals surface area contributed by atoms with Gasteiger partial charge in [-0.3, -0.25) is 4.90 Å². The number of nitrogens with zero attached hydrogens (tertiary/aromatic N) is 4. The van der Waals surface area contributed by atoms with Crippen LogP contribution in [0, 0.1) is 6.92 Å². The third kappa shape index (κ3) is 2.54. The van der Waals surface area contributed by atoms with Gasteiger partial charge < -0.3 is 19.0 Å². The topological polar surface area (TPSA) is 85.3 Å². The van der Waals surface area contributed by atoms with Crippen LogP contribution >= 0.6 is 11.3 Å². The standard InChI is InChI=1S/C17H20N4O4S/c1-11-18-16-21(19-11)15(22)14(26-16)13(12-3-2-8-23-12)20-6-4-17(5-7-20)24-9-10-25-17/h2-3,8,13,22H,4-7,9-10H2,1H3/t13-/m0/s1.